The summed E-state index contributed by atoms with van der Waals surface area (Å²) in [4.78, 5) is 17.0. The van der Waals surface area contributed by atoms with Gasteiger partial charge in [0, 0.05) is 21.6 Å². The van der Waals surface area contributed by atoms with Crippen molar-refractivity contribution in [2.75, 3.05) is 33.0 Å². The molecule has 0 unspecified atom stereocenters. The second-order valence-electron chi connectivity index (χ2n) is 6.77. The van der Waals surface area contributed by atoms with Gasteiger partial charge in [0.25, 0.3) is 5.91 Å². The number of rotatable bonds is 9. The van der Waals surface area contributed by atoms with Gasteiger partial charge in [0.2, 0.25) is 0 Å². The van der Waals surface area contributed by atoms with E-state index in [4.69, 9.17) is 14.6 Å². The summed E-state index contributed by atoms with van der Waals surface area (Å²) in [5.74, 6) is -0.313. The Morgan fingerprint density at radius 1 is 1.03 bits per heavy atom. The van der Waals surface area contributed by atoms with Crippen molar-refractivity contribution in [1.82, 2.24) is 4.57 Å². The Labute approximate surface area is 181 Å². The molecule has 0 saturated carbocycles. The van der Waals surface area contributed by atoms with Crippen LogP contribution in [0.1, 0.15) is 5.69 Å². The zero-order valence-electron chi connectivity index (χ0n) is 16.2. The molecular formula is C22H21BrN2O5. The Bertz CT molecular complexity index is 1220. The molecule has 1 aromatic heterocycles. The van der Waals surface area contributed by atoms with Gasteiger partial charge in [-0.25, -0.2) is 4.99 Å². The highest BCUT2D eigenvalue weighted by molar-refractivity contribution is 9.10. The molecule has 0 bridgehead atoms. The highest BCUT2D eigenvalue weighted by atomic mass is 79.9. The van der Waals surface area contributed by atoms with Gasteiger partial charge in [0.15, 0.2) is 0 Å². The van der Waals surface area contributed by atoms with Crippen LogP contribution in [-0.2, 0) is 20.8 Å². The maximum absolute atomic E-state index is 12.8. The first-order chi connectivity index (χ1) is 14.6. The highest BCUT2D eigenvalue weighted by Crippen LogP contribution is 2.36. The fourth-order valence-corrected chi connectivity index (χ4v) is 3.98. The molecular weight excluding hydrogens is 452 g/mol. The van der Waals surface area contributed by atoms with Gasteiger partial charge in [-0.1, -0.05) is 34.1 Å². The number of hydrogen-bond donors (Lipinski definition) is 2. The normalized spacial score (nSPS) is 13.1. The number of aromatic hydroxyl groups is 1. The fourth-order valence-electron chi connectivity index (χ4n) is 3.63. The minimum atomic E-state index is -0.374. The lowest BCUT2D eigenvalue weighted by molar-refractivity contribution is -0.112. The highest BCUT2D eigenvalue weighted by Gasteiger charge is 2.27. The number of aliphatic hydroxyl groups is 1. The summed E-state index contributed by atoms with van der Waals surface area (Å²) in [6.07, 6.45) is 0. The number of carbonyl (C=O) groups is 1. The van der Waals surface area contributed by atoms with E-state index >= 15 is 0 Å². The molecule has 1 amide bonds. The van der Waals surface area contributed by atoms with E-state index in [2.05, 4.69) is 20.9 Å². The average Bonchev–Trinajstić information content (AvgIpc) is 3.20. The molecule has 0 saturated heterocycles. The van der Waals surface area contributed by atoms with Crippen molar-refractivity contribution in [2.45, 2.75) is 6.54 Å². The first-order valence-corrected chi connectivity index (χ1v) is 10.4. The zero-order chi connectivity index (χ0) is 21.1. The van der Waals surface area contributed by atoms with Crippen molar-refractivity contribution in [3.63, 3.8) is 0 Å². The lowest BCUT2D eigenvalue weighted by atomic mass is 10.1. The molecule has 3 aromatic rings. The number of amides is 1. The van der Waals surface area contributed by atoms with E-state index in [0.29, 0.717) is 53.6 Å². The van der Waals surface area contributed by atoms with Gasteiger partial charge < -0.3 is 24.3 Å². The summed E-state index contributed by atoms with van der Waals surface area (Å²) in [6.45, 7) is 1.86. The van der Waals surface area contributed by atoms with E-state index in [9.17, 15) is 9.90 Å². The number of aromatic nitrogens is 1. The molecule has 0 atom stereocenters. The Hall–Kier alpha value is -2.52. The van der Waals surface area contributed by atoms with E-state index < -0.39 is 0 Å². The Morgan fingerprint density at radius 3 is 2.60 bits per heavy atom. The molecule has 4 rings (SSSR count). The molecule has 0 spiro atoms. The Kier molecular flexibility index (Phi) is 6.29. The summed E-state index contributed by atoms with van der Waals surface area (Å²) in [5.41, 5.74) is 1.65. The van der Waals surface area contributed by atoms with Gasteiger partial charge in [0.05, 0.1) is 55.2 Å². The van der Waals surface area contributed by atoms with Crippen LogP contribution in [-0.4, -0.2) is 53.7 Å². The summed E-state index contributed by atoms with van der Waals surface area (Å²) >= 11 is 3.41. The van der Waals surface area contributed by atoms with Crippen LogP contribution >= 0.6 is 15.9 Å². The van der Waals surface area contributed by atoms with Crippen LogP contribution in [0.5, 0.6) is 5.75 Å². The third-order valence-electron chi connectivity index (χ3n) is 4.91. The Balaban J connectivity index is 1.72. The first-order valence-electron chi connectivity index (χ1n) is 9.61. The van der Waals surface area contributed by atoms with Crippen LogP contribution in [0.25, 0.3) is 16.5 Å². The molecule has 7 nitrogen and oxygen atoms in total. The number of para-hydroxylation sites is 1. The molecule has 2 N–H and O–H groups in total. The first kappa shape index (κ1) is 20.7. The monoisotopic (exact) mass is 472 g/mol. The van der Waals surface area contributed by atoms with Crippen LogP contribution in [0.15, 0.2) is 51.9 Å². The van der Waals surface area contributed by atoms with Gasteiger partial charge in [-0.2, -0.15) is 0 Å². The minimum Gasteiger partial charge on any atom is -0.505 e. The largest absolute Gasteiger partial charge is 0.505 e. The minimum absolute atomic E-state index is 0.0201. The Morgan fingerprint density at radius 2 is 1.80 bits per heavy atom. The van der Waals surface area contributed by atoms with E-state index in [1.807, 2.05) is 41.0 Å². The van der Waals surface area contributed by atoms with Crippen molar-refractivity contribution in [1.29, 1.82) is 0 Å². The molecule has 0 radical (unpaired) electrons. The van der Waals surface area contributed by atoms with Crippen LogP contribution in [0.3, 0.4) is 0 Å². The van der Waals surface area contributed by atoms with E-state index in [1.165, 1.54) is 0 Å². The smallest absolute Gasteiger partial charge is 0.280 e. The fraction of sp³-hybridized carbons (Fsp3) is 0.273. The second-order valence-corrected chi connectivity index (χ2v) is 7.68. The predicted molar refractivity (Wildman–Crippen MR) is 115 cm³/mol. The standard InChI is InChI=1S/C22H21BrN2O5/c23-14-5-6-15-17(13-14)24-22(28)19(15)20-21(27)16-3-1-2-4-18(16)25(20)7-9-29-11-12-30-10-8-26/h1-6,13,26-27H,7-12H2. The van der Waals surface area contributed by atoms with Gasteiger partial charge in [-0.3, -0.25) is 4.79 Å². The van der Waals surface area contributed by atoms with Crippen molar-refractivity contribution < 1.29 is 24.5 Å². The van der Waals surface area contributed by atoms with Crippen LogP contribution in [0.2, 0.25) is 0 Å². The van der Waals surface area contributed by atoms with E-state index in [1.54, 1.807) is 6.07 Å². The van der Waals surface area contributed by atoms with Crippen molar-refractivity contribution in [3.8, 4) is 5.75 Å². The summed E-state index contributed by atoms with van der Waals surface area (Å²) < 4.78 is 13.6. The molecule has 156 valence electrons. The second kappa shape index (κ2) is 9.09. The van der Waals surface area contributed by atoms with Crippen LogP contribution < -0.4 is 10.6 Å². The molecule has 0 fully saturated rings. The van der Waals surface area contributed by atoms with E-state index in [0.717, 1.165) is 9.99 Å². The summed E-state index contributed by atoms with van der Waals surface area (Å²) in [6, 6.07) is 13.0. The average molecular weight is 473 g/mol. The lowest BCUT2D eigenvalue weighted by Gasteiger charge is -2.12. The molecule has 2 aromatic carbocycles. The zero-order valence-corrected chi connectivity index (χ0v) is 17.8. The maximum atomic E-state index is 12.8. The van der Waals surface area contributed by atoms with Gasteiger partial charge >= 0.3 is 0 Å². The number of hydrogen-bond acceptors (Lipinski definition) is 5. The molecule has 2 heterocycles. The number of fused-ring (bicyclic) bond motifs is 2. The van der Waals surface area contributed by atoms with Crippen LogP contribution in [0.4, 0.5) is 0 Å². The van der Waals surface area contributed by atoms with Gasteiger partial charge in [0.1, 0.15) is 5.75 Å². The number of carbonyl (C=O) groups excluding carboxylic acids is 1. The van der Waals surface area contributed by atoms with Gasteiger partial charge in [-0.15, -0.1) is 0 Å². The topological polar surface area (TPSA) is 93.3 Å². The molecule has 1 aliphatic heterocycles. The number of ether oxygens (including phenoxy) is 2. The van der Waals surface area contributed by atoms with E-state index in [-0.39, 0.29) is 24.9 Å². The van der Waals surface area contributed by atoms with Gasteiger partial charge in [-0.05, 0) is 24.3 Å². The molecule has 1 aliphatic rings. The number of halogens is 1. The number of nitrogens with zero attached hydrogens (tertiary/aromatic N) is 2. The third-order valence-corrected chi connectivity index (χ3v) is 5.41. The summed E-state index contributed by atoms with van der Waals surface area (Å²) in [5, 5.41) is 21.7. The quantitative estimate of drug-likeness (QED) is 0.460. The number of aliphatic hydroxyl groups excluding tert-OH is 1. The molecule has 30 heavy (non-hydrogen) atoms. The van der Waals surface area contributed by atoms with Crippen molar-refractivity contribution in [2.24, 2.45) is 4.99 Å². The predicted octanol–water partition coefficient (Wildman–Crippen LogP) is 1.49. The molecule has 0 aliphatic carbocycles. The molecule has 8 heteroatoms. The SMILES string of the molecule is O=C1N=c2cc(Br)ccc2=C1c1c(O)c2ccccc2n1CCOCCOCCO. The third kappa shape index (κ3) is 3.91. The summed E-state index contributed by atoms with van der Waals surface area (Å²) in [7, 11) is 0. The lowest BCUT2D eigenvalue weighted by Crippen LogP contribution is -2.24. The maximum Gasteiger partial charge on any atom is 0.280 e. The van der Waals surface area contributed by atoms with Crippen molar-refractivity contribution >= 4 is 38.3 Å². The number of benzene rings is 2. The van der Waals surface area contributed by atoms with Crippen LogP contribution in [0, 0.1) is 0 Å². The van der Waals surface area contributed by atoms with Crippen molar-refractivity contribution in [3.05, 3.63) is 63.2 Å².